The molecule has 0 fully saturated rings. The summed E-state index contributed by atoms with van der Waals surface area (Å²) in [4.78, 5) is 15.6. The van der Waals surface area contributed by atoms with E-state index in [-0.39, 0.29) is 17.2 Å². The van der Waals surface area contributed by atoms with Crippen LogP contribution in [0.1, 0.15) is 10.5 Å². The zero-order valence-corrected chi connectivity index (χ0v) is 11.1. The number of aromatic nitrogens is 1. The van der Waals surface area contributed by atoms with Crippen LogP contribution < -0.4 is 14.8 Å². The molecule has 5 nitrogen and oxygen atoms in total. The van der Waals surface area contributed by atoms with Crippen LogP contribution in [0.3, 0.4) is 0 Å². The van der Waals surface area contributed by atoms with Crippen molar-refractivity contribution in [1.29, 1.82) is 0 Å². The van der Waals surface area contributed by atoms with E-state index in [1.807, 2.05) is 0 Å². The van der Waals surface area contributed by atoms with E-state index >= 15 is 0 Å². The van der Waals surface area contributed by atoms with Crippen molar-refractivity contribution in [1.82, 2.24) is 4.98 Å². The maximum atomic E-state index is 12.3. The lowest BCUT2D eigenvalue weighted by atomic mass is 10.2. The second-order valence-electron chi connectivity index (χ2n) is 3.57. The fraction of sp³-hybridized carbons (Fsp3) is 0.167. The minimum Gasteiger partial charge on any atom is -0.493 e. The first-order chi connectivity index (χ1) is 9.60. The maximum absolute atomic E-state index is 12.3. The van der Waals surface area contributed by atoms with Gasteiger partial charge < -0.3 is 14.8 Å². The summed E-state index contributed by atoms with van der Waals surface area (Å²) in [5.41, 5.74) is 2.08. The fourth-order valence-corrected chi connectivity index (χ4v) is 1.99. The molecular weight excluding hydrogens is 290 g/mol. The largest absolute Gasteiger partial charge is 0.493 e. The third kappa shape index (κ3) is 3.41. The highest BCUT2D eigenvalue weighted by Gasteiger charge is 2.13. The van der Waals surface area contributed by atoms with E-state index in [0.29, 0.717) is 5.69 Å². The van der Waals surface area contributed by atoms with E-state index < -0.39 is 12.5 Å². The number of carbonyl (C=O) groups is 1. The van der Waals surface area contributed by atoms with Gasteiger partial charge in [-0.3, -0.25) is 4.79 Å². The lowest BCUT2D eigenvalue weighted by molar-refractivity contribution is -0.0511. The number of nitrogens with one attached hydrogen (secondary N) is 1. The van der Waals surface area contributed by atoms with E-state index in [4.69, 9.17) is 4.74 Å². The summed E-state index contributed by atoms with van der Waals surface area (Å²) in [5.74, 6) is -0.435. The first-order valence-electron chi connectivity index (χ1n) is 5.42. The molecule has 0 unspecified atom stereocenters. The van der Waals surface area contributed by atoms with E-state index in [1.54, 1.807) is 5.38 Å². The molecule has 1 aromatic heterocycles. The molecule has 0 radical (unpaired) electrons. The van der Waals surface area contributed by atoms with E-state index in [1.165, 1.54) is 42.2 Å². The Hall–Kier alpha value is -2.22. The quantitative estimate of drug-likeness (QED) is 0.922. The fourth-order valence-electron chi connectivity index (χ4n) is 1.46. The number of hydrogen-bond donors (Lipinski definition) is 1. The number of halogens is 2. The normalized spacial score (nSPS) is 10.4. The minimum atomic E-state index is -2.98. The van der Waals surface area contributed by atoms with Crippen molar-refractivity contribution >= 4 is 22.9 Å². The van der Waals surface area contributed by atoms with Gasteiger partial charge in [0, 0.05) is 17.1 Å². The van der Waals surface area contributed by atoms with Crippen molar-refractivity contribution in [2.45, 2.75) is 6.61 Å². The van der Waals surface area contributed by atoms with Crippen LogP contribution in [0.5, 0.6) is 11.5 Å². The molecule has 0 saturated heterocycles. The van der Waals surface area contributed by atoms with Crippen molar-refractivity contribution in [3.05, 3.63) is 34.8 Å². The molecule has 106 valence electrons. The van der Waals surface area contributed by atoms with Crippen molar-refractivity contribution in [3.63, 3.8) is 0 Å². The van der Waals surface area contributed by atoms with Gasteiger partial charge in [-0.1, -0.05) is 0 Å². The average molecular weight is 300 g/mol. The van der Waals surface area contributed by atoms with Gasteiger partial charge in [-0.25, -0.2) is 4.98 Å². The topological polar surface area (TPSA) is 60.5 Å². The summed E-state index contributed by atoms with van der Waals surface area (Å²) < 4.78 is 33.8. The molecule has 0 spiro atoms. The van der Waals surface area contributed by atoms with Crippen LogP contribution in [0.15, 0.2) is 29.1 Å². The summed E-state index contributed by atoms with van der Waals surface area (Å²) >= 11 is 1.28. The summed E-state index contributed by atoms with van der Waals surface area (Å²) in [6, 6.07) is 4.20. The van der Waals surface area contributed by atoms with Gasteiger partial charge in [0.1, 0.15) is 5.69 Å². The lowest BCUT2D eigenvalue weighted by Gasteiger charge is -2.11. The predicted octanol–water partition coefficient (Wildman–Crippen LogP) is 3.01. The molecule has 2 aromatic rings. The predicted molar refractivity (Wildman–Crippen MR) is 69.7 cm³/mol. The van der Waals surface area contributed by atoms with Crippen molar-refractivity contribution in [3.8, 4) is 11.5 Å². The first kappa shape index (κ1) is 14.2. The number of carbonyl (C=O) groups excluding carboxylic acids is 1. The van der Waals surface area contributed by atoms with Gasteiger partial charge in [-0.05, 0) is 12.1 Å². The molecule has 1 aromatic carbocycles. The molecule has 0 aliphatic rings. The van der Waals surface area contributed by atoms with Gasteiger partial charge in [0.25, 0.3) is 5.91 Å². The molecule has 0 atom stereocenters. The highest BCUT2D eigenvalue weighted by atomic mass is 32.1. The van der Waals surface area contributed by atoms with Crippen LogP contribution in [-0.2, 0) is 0 Å². The molecule has 1 heterocycles. The SMILES string of the molecule is COc1ccc(NC(=O)c2cscn2)cc1OC(F)F. The standard InChI is InChI=1S/C12H10F2N2O3S/c1-18-9-3-2-7(4-10(9)19-12(13)14)16-11(17)8-5-20-6-15-8/h2-6,12H,1H3,(H,16,17). The Morgan fingerprint density at radius 2 is 2.20 bits per heavy atom. The van der Waals surface area contributed by atoms with E-state index in [2.05, 4.69) is 15.0 Å². The van der Waals surface area contributed by atoms with Gasteiger partial charge >= 0.3 is 6.61 Å². The first-order valence-corrected chi connectivity index (χ1v) is 6.37. The van der Waals surface area contributed by atoms with Gasteiger partial charge in [0.15, 0.2) is 11.5 Å². The molecular formula is C12H10F2N2O3S. The van der Waals surface area contributed by atoms with Crippen LogP contribution >= 0.6 is 11.3 Å². The highest BCUT2D eigenvalue weighted by Crippen LogP contribution is 2.31. The molecule has 0 aliphatic carbocycles. The van der Waals surface area contributed by atoms with E-state index in [0.717, 1.165) is 0 Å². The molecule has 1 amide bonds. The van der Waals surface area contributed by atoms with E-state index in [9.17, 15) is 13.6 Å². The zero-order valence-electron chi connectivity index (χ0n) is 10.3. The number of hydrogen-bond acceptors (Lipinski definition) is 5. The Morgan fingerprint density at radius 1 is 1.40 bits per heavy atom. The monoisotopic (exact) mass is 300 g/mol. The van der Waals surface area contributed by atoms with Gasteiger partial charge in [-0.2, -0.15) is 8.78 Å². The summed E-state index contributed by atoms with van der Waals surface area (Å²) in [6.45, 7) is -2.98. The Labute approximate surface area is 117 Å². The van der Waals surface area contributed by atoms with Crippen LogP contribution in [0.2, 0.25) is 0 Å². The number of anilines is 1. The molecule has 20 heavy (non-hydrogen) atoms. The molecule has 1 N–H and O–H groups in total. The number of ether oxygens (including phenoxy) is 2. The summed E-state index contributed by atoms with van der Waals surface area (Å²) in [6.07, 6.45) is 0. The van der Waals surface area contributed by atoms with Crippen LogP contribution in [-0.4, -0.2) is 24.6 Å². The average Bonchev–Trinajstić information content (AvgIpc) is 2.92. The zero-order chi connectivity index (χ0) is 14.5. The Kier molecular flexibility index (Phi) is 4.46. The number of thiazole rings is 1. The smallest absolute Gasteiger partial charge is 0.387 e. The van der Waals surface area contributed by atoms with Crippen LogP contribution in [0.25, 0.3) is 0 Å². The number of alkyl halides is 2. The number of amides is 1. The van der Waals surface area contributed by atoms with Gasteiger partial charge in [0.05, 0.1) is 12.6 Å². The Balaban J connectivity index is 2.18. The summed E-state index contributed by atoms with van der Waals surface area (Å²) in [5, 5.41) is 4.11. The van der Waals surface area contributed by atoms with Crippen LogP contribution in [0.4, 0.5) is 14.5 Å². The molecule has 0 aliphatic heterocycles. The second kappa shape index (κ2) is 6.29. The van der Waals surface area contributed by atoms with Gasteiger partial charge in [-0.15, -0.1) is 11.3 Å². The Bertz CT molecular complexity index is 590. The number of benzene rings is 1. The van der Waals surface area contributed by atoms with Crippen molar-refractivity contribution in [2.75, 3.05) is 12.4 Å². The third-order valence-electron chi connectivity index (χ3n) is 2.30. The molecule has 2 rings (SSSR count). The highest BCUT2D eigenvalue weighted by molar-refractivity contribution is 7.07. The third-order valence-corrected chi connectivity index (χ3v) is 2.89. The summed E-state index contributed by atoms with van der Waals surface area (Å²) in [7, 11) is 1.33. The van der Waals surface area contributed by atoms with Crippen LogP contribution in [0, 0.1) is 0 Å². The van der Waals surface area contributed by atoms with Crippen molar-refractivity contribution < 1.29 is 23.0 Å². The molecule has 0 saturated carbocycles. The number of methoxy groups -OCH3 is 1. The van der Waals surface area contributed by atoms with Crippen molar-refractivity contribution in [2.24, 2.45) is 0 Å². The Morgan fingerprint density at radius 3 is 2.80 bits per heavy atom. The second-order valence-corrected chi connectivity index (χ2v) is 4.29. The number of nitrogens with zero attached hydrogens (tertiary/aromatic N) is 1. The minimum absolute atomic E-state index is 0.150. The maximum Gasteiger partial charge on any atom is 0.387 e. The molecule has 8 heteroatoms. The number of rotatable bonds is 5. The molecule has 0 bridgehead atoms. The lowest BCUT2D eigenvalue weighted by Crippen LogP contribution is -2.12. The van der Waals surface area contributed by atoms with Gasteiger partial charge in [0.2, 0.25) is 0 Å².